The lowest BCUT2D eigenvalue weighted by molar-refractivity contribution is -0.127. The van der Waals surface area contributed by atoms with Crippen LogP contribution in [0.3, 0.4) is 0 Å². The van der Waals surface area contributed by atoms with Crippen molar-refractivity contribution < 1.29 is 28.6 Å². The van der Waals surface area contributed by atoms with E-state index in [9.17, 15) is 9.59 Å². The van der Waals surface area contributed by atoms with Crippen molar-refractivity contribution in [2.24, 2.45) is 5.16 Å². The van der Waals surface area contributed by atoms with E-state index in [2.05, 4.69) is 35.2 Å². The minimum absolute atomic E-state index is 0.106. The van der Waals surface area contributed by atoms with Gasteiger partial charge < -0.3 is 24.4 Å². The number of aromatic nitrogens is 4. The fourth-order valence-electron chi connectivity index (χ4n) is 1.46. The van der Waals surface area contributed by atoms with Gasteiger partial charge in [-0.2, -0.15) is 0 Å². The number of thiazole rings is 1. The van der Waals surface area contributed by atoms with Crippen molar-refractivity contribution in [2.75, 3.05) is 26.6 Å². The normalized spacial score (nSPS) is 10.8. The van der Waals surface area contributed by atoms with Gasteiger partial charge in [-0.1, -0.05) is 5.16 Å². The molecule has 132 valence electrons. The first-order chi connectivity index (χ1) is 12.1. The molecule has 2 aromatic rings. The molecule has 0 spiro atoms. The van der Waals surface area contributed by atoms with Crippen molar-refractivity contribution in [3.05, 3.63) is 11.1 Å². The van der Waals surface area contributed by atoms with Crippen LogP contribution in [0, 0.1) is 0 Å². The average Bonchev–Trinajstić information content (AvgIpc) is 3.07. The first kappa shape index (κ1) is 18.0. The van der Waals surface area contributed by atoms with Crippen LogP contribution in [0.15, 0.2) is 10.5 Å². The summed E-state index contributed by atoms with van der Waals surface area (Å²) < 4.78 is 14.8. The number of amides is 1. The number of nitrogens with one attached hydrogen (secondary N) is 1. The fourth-order valence-corrected chi connectivity index (χ4v) is 2.11. The van der Waals surface area contributed by atoms with Crippen LogP contribution >= 0.6 is 11.3 Å². The molecule has 0 aromatic carbocycles. The molecule has 0 bridgehead atoms. The Labute approximate surface area is 144 Å². The second kappa shape index (κ2) is 8.49. The number of carbonyl (C=O) groups is 2. The van der Waals surface area contributed by atoms with Gasteiger partial charge in [0, 0.05) is 5.38 Å². The third-order valence-electron chi connectivity index (χ3n) is 2.43. The van der Waals surface area contributed by atoms with Gasteiger partial charge in [0.1, 0.15) is 12.8 Å². The maximum atomic E-state index is 12.3. The Morgan fingerprint density at radius 3 is 2.32 bits per heavy atom. The second-order valence-electron chi connectivity index (χ2n) is 3.90. The van der Waals surface area contributed by atoms with E-state index in [-0.39, 0.29) is 34.6 Å². The zero-order valence-electron chi connectivity index (χ0n) is 13.2. The number of ether oxygens (including phenoxy) is 3. The molecule has 1 amide bonds. The molecule has 0 aliphatic carbocycles. The van der Waals surface area contributed by atoms with Crippen LogP contribution < -0.4 is 19.5 Å². The third-order valence-corrected chi connectivity index (χ3v) is 3.20. The highest BCUT2D eigenvalue weighted by Crippen LogP contribution is 2.18. The molecule has 0 aliphatic heterocycles. The summed E-state index contributed by atoms with van der Waals surface area (Å²) >= 11 is 1.09. The quantitative estimate of drug-likeness (QED) is 0.289. The van der Waals surface area contributed by atoms with Gasteiger partial charge in [0.25, 0.3) is 0 Å². The first-order valence-electron chi connectivity index (χ1n) is 6.44. The molecule has 0 saturated heterocycles. The van der Waals surface area contributed by atoms with E-state index in [0.29, 0.717) is 6.41 Å². The van der Waals surface area contributed by atoms with Crippen LogP contribution in [0.5, 0.6) is 18.0 Å². The highest BCUT2D eigenvalue weighted by atomic mass is 32.1. The Kier molecular flexibility index (Phi) is 6.11. The van der Waals surface area contributed by atoms with Crippen molar-refractivity contribution >= 4 is 34.6 Å². The van der Waals surface area contributed by atoms with E-state index >= 15 is 0 Å². The largest absolute Gasteiger partial charge is 0.467 e. The number of rotatable bonds is 8. The Hall–Kier alpha value is -3.35. The summed E-state index contributed by atoms with van der Waals surface area (Å²) in [6, 6.07) is -0.573. The predicted molar refractivity (Wildman–Crippen MR) is 83.9 cm³/mol. The van der Waals surface area contributed by atoms with Crippen LogP contribution in [0.1, 0.15) is 5.69 Å². The summed E-state index contributed by atoms with van der Waals surface area (Å²) in [6.45, 7) is 0. The lowest BCUT2D eigenvalue weighted by Gasteiger charge is -2.06. The SMILES string of the molecule is CO/N=C(\C(=O)Oc1nc(OC)nc(OC)n1)c1csc(NC=O)n1. The molecule has 0 aliphatic rings. The summed E-state index contributed by atoms with van der Waals surface area (Å²) in [5.74, 6) is -0.944. The minimum atomic E-state index is -0.944. The van der Waals surface area contributed by atoms with Crippen LogP contribution in [-0.4, -0.2) is 59.4 Å². The van der Waals surface area contributed by atoms with E-state index in [1.54, 1.807) is 0 Å². The lowest BCUT2D eigenvalue weighted by atomic mass is 10.3. The number of esters is 1. The molecule has 0 unspecified atom stereocenters. The van der Waals surface area contributed by atoms with Crippen LogP contribution in [0.25, 0.3) is 0 Å². The number of hydrogen-bond donors (Lipinski definition) is 1. The van der Waals surface area contributed by atoms with Gasteiger partial charge in [0.05, 0.1) is 14.2 Å². The molecule has 0 fully saturated rings. The molecule has 12 nitrogen and oxygen atoms in total. The van der Waals surface area contributed by atoms with Crippen LogP contribution in [-0.2, 0) is 14.4 Å². The number of methoxy groups -OCH3 is 2. The summed E-state index contributed by atoms with van der Waals surface area (Å²) in [4.78, 5) is 42.7. The van der Waals surface area contributed by atoms with Gasteiger partial charge in [0.2, 0.25) is 12.1 Å². The molecule has 2 aromatic heterocycles. The smallest absolute Gasteiger partial charge is 0.370 e. The molecule has 25 heavy (non-hydrogen) atoms. The van der Waals surface area contributed by atoms with E-state index in [1.807, 2.05) is 0 Å². The van der Waals surface area contributed by atoms with E-state index < -0.39 is 5.97 Å². The molecule has 13 heteroatoms. The molecule has 0 saturated carbocycles. The Morgan fingerprint density at radius 1 is 1.12 bits per heavy atom. The van der Waals surface area contributed by atoms with E-state index in [1.165, 1.54) is 26.7 Å². The standard InChI is InChI=1S/C12H12N6O6S/c1-21-9-15-10(22-2)17-11(16-9)24-8(20)7(18-23-3)6-4-25-12(14-6)13-5-19/h4-5H,1-3H3,(H,13,14,19)/b18-7-. The van der Waals surface area contributed by atoms with Gasteiger partial charge in [-0.15, -0.1) is 26.3 Å². The molecular weight excluding hydrogens is 356 g/mol. The van der Waals surface area contributed by atoms with Gasteiger partial charge in [-0.05, 0) is 0 Å². The number of oxime groups is 1. The van der Waals surface area contributed by atoms with Crippen molar-refractivity contribution in [3.63, 3.8) is 0 Å². The lowest BCUT2D eigenvalue weighted by Crippen LogP contribution is -2.23. The summed E-state index contributed by atoms with van der Waals surface area (Å²) in [6.07, 6.45) is 0.456. The van der Waals surface area contributed by atoms with Gasteiger partial charge in [-0.3, -0.25) is 4.79 Å². The zero-order valence-corrected chi connectivity index (χ0v) is 14.1. The monoisotopic (exact) mass is 368 g/mol. The van der Waals surface area contributed by atoms with Gasteiger partial charge in [-0.25, -0.2) is 9.78 Å². The van der Waals surface area contributed by atoms with Crippen molar-refractivity contribution in [1.82, 2.24) is 19.9 Å². The van der Waals surface area contributed by atoms with Crippen LogP contribution in [0.2, 0.25) is 0 Å². The summed E-state index contributed by atoms with van der Waals surface area (Å²) in [5.41, 5.74) is -0.120. The third kappa shape index (κ3) is 4.57. The van der Waals surface area contributed by atoms with Gasteiger partial charge in [0.15, 0.2) is 5.13 Å². The zero-order chi connectivity index (χ0) is 18.2. The topological polar surface area (TPSA) is 147 Å². The van der Waals surface area contributed by atoms with E-state index in [0.717, 1.165) is 11.3 Å². The van der Waals surface area contributed by atoms with Crippen LogP contribution in [0.4, 0.5) is 5.13 Å². The number of hydrogen-bond acceptors (Lipinski definition) is 12. The molecular formula is C12H12N6O6S. The first-order valence-corrected chi connectivity index (χ1v) is 7.32. The maximum Gasteiger partial charge on any atom is 0.370 e. The van der Waals surface area contributed by atoms with Crippen molar-refractivity contribution in [3.8, 4) is 18.0 Å². The van der Waals surface area contributed by atoms with Crippen molar-refractivity contribution in [2.45, 2.75) is 0 Å². The Balaban J connectivity index is 2.26. The number of carbonyl (C=O) groups excluding carboxylic acids is 2. The second-order valence-corrected chi connectivity index (χ2v) is 4.76. The molecule has 1 N–H and O–H groups in total. The number of nitrogens with zero attached hydrogens (tertiary/aromatic N) is 5. The maximum absolute atomic E-state index is 12.3. The molecule has 2 rings (SSSR count). The number of anilines is 1. The molecule has 0 radical (unpaired) electrons. The predicted octanol–water partition coefficient (Wildman–Crippen LogP) is -0.130. The summed E-state index contributed by atoms with van der Waals surface area (Å²) in [5, 5.41) is 7.70. The fraction of sp³-hybridized carbons (Fsp3) is 0.250. The highest BCUT2D eigenvalue weighted by Gasteiger charge is 2.23. The van der Waals surface area contributed by atoms with Gasteiger partial charge >= 0.3 is 24.0 Å². The Morgan fingerprint density at radius 2 is 1.76 bits per heavy atom. The molecule has 2 heterocycles. The van der Waals surface area contributed by atoms with E-state index in [4.69, 9.17) is 14.2 Å². The van der Waals surface area contributed by atoms with Crippen molar-refractivity contribution in [1.29, 1.82) is 0 Å². The Bertz CT molecular complexity index is 772. The molecule has 0 atom stereocenters. The minimum Gasteiger partial charge on any atom is -0.467 e. The highest BCUT2D eigenvalue weighted by molar-refractivity contribution is 7.14. The average molecular weight is 368 g/mol. The summed E-state index contributed by atoms with van der Waals surface area (Å²) in [7, 11) is 3.91.